The second-order valence-corrected chi connectivity index (χ2v) is 7.28. The third-order valence-electron chi connectivity index (χ3n) is 3.91. The Bertz CT molecular complexity index is 747. The molecule has 0 spiro atoms. The van der Waals surface area contributed by atoms with Crippen LogP contribution in [0.1, 0.15) is 41.1 Å². The zero-order valence-electron chi connectivity index (χ0n) is 13.9. The van der Waals surface area contributed by atoms with Crippen molar-refractivity contribution in [3.63, 3.8) is 0 Å². The number of benzene rings is 1. The lowest BCUT2D eigenvalue weighted by Crippen LogP contribution is -2.37. The van der Waals surface area contributed by atoms with Crippen LogP contribution >= 0.6 is 15.9 Å². The molecule has 0 saturated heterocycles. The minimum atomic E-state index is -1.03. The Hall–Kier alpha value is -2.08. The lowest BCUT2D eigenvalue weighted by molar-refractivity contribution is -0.136. The molecule has 128 valence electrons. The van der Waals surface area contributed by atoms with Crippen LogP contribution in [0.25, 0.3) is 0 Å². The molecule has 0 aliphatic carbocycles. The molecule has 6 heteroatoms. The first-order valence-electron chi connectivity index (χ1n) is 7.53. The largest absolute Gasteiger partial charge is 0.481 e. The van der Waals surface area contributed by atoms with Crippen molar-refractivity contribution in [2.24, 2.45) is 0 Å². The van der Waals surface area contributed by atoms with Gasteiger partial charge in [-0.25, -0.2) is 0 Å². The summed E-state index contributed by atoms with van der Waals surface area (Å²) in [6.45, 7) is 6.22. The van der Waals surface area contributed by atoms with Crippen LogP contribution in [0, 0.1) is 6.92 Å². The van der Waals surface area contributed by atoms with Crippen molar-refractivity contribution in [2.75, 3.05) is 6.54 Å². The van der Waals surface area contributed by atoms with Gasteiger partial charge in [-0.05, 0) is 24.6 Å². The fraction of sp³-hybridized carbons (Fsp3) is 0.333. The number of hydrogen-bond acceptors (Lipinski definition) is 3. The van der Waals surface area contributed by atoms with E-state index in [1.54, 1.807) is 6.92 Å². The van der Waals surface area contributed by atoms with Crippen LogP contribution in [-0.2, 0) is 16.6 Å². The van der Waals surface area contributed by atoms with E-state index in [0.717, 1.165) is 10.0 Å². The lowest BCUT2D eigenvalue weighted by Gasteiger charge is -2.25. The summed E-state index contributed by atoms with van der Waals surface area (Å²) in [4.78, 5) is 23.4. The second kappa shape index (κ2) is 7.21. The molecule has 1 aromatic heterocycles. The quantitative estimate of drug-likeness (QED) is 0.784. The maximum Gasteiger partial charge on any atom is 0.311 e. The highest BCUT2D eigenvalue weighted by Gasteiger charge is 2.25. The molecule has 1 amide bonds. The molecule has 2 aromatic rings. The molecule has 1 heterocycles. The molecule has 5 nitrogen and oxygen atoms in total. The van der Waals surface area contributed by atoms with Crippen molar-refractivity contribution in [1.82, 2.24) is 5.32 Å². The molecule has 1 aromatic carbocycles. The number of nitrogens with one attached hydrogen (secondary N) is 1. The smallest absolute Gasteiger partial charge is 0.311 e. The monoisotopic (exact) mass is 393 g/mol. The molecule has 0 atom stereocenters. The number of carboxylic acids is 1. The summed E-state index contributed by atoms with van der Waals surface area (Å²) in [6, 6.07) is 7.94. The fourth-order valence-corrected chi connectivity index (χ4v) is 2.73. The highest BCUT2D eigenvalue weighted by molar-refractivity contribution is 9.10. The van der Waals surface area contributed by atoms with Crippen molar-refractivity contribution in [1.29, 1.82) is 0 Å². The summed E-state index contributed by atoms with van der Waals surface area (Å²) < 4.78 is 6.21. The Kier molecular flexibility index (Phi) is 5.49. The predicted molar refractivity (Wildman–Crippen MR) is 94.3 cm³/mol. The zero-order chi connectivity index (χ0) is 17.9. The van der Waals surface area contributed by atoms with E-state index in [1.165, 1.54) is 6.26 Å². The molecule has 0 radical (unpaired) electrons. The van der Waals surface area contributed by atoms with Gasteiger partial charge in [0.25, 0.3) is 5.91 Å². The highest BCUT2D eigenvalue weighted by Crippen LogP contribution is 2.24. The van der Waals surface area contributed by atoms with E-state index in [2.05, 4.69) is 21.2 Å². The fourth-order valence-electron chi connectivity index (χ4n) is 2.46. The van der Waals surface area contributed by atoms with Gasteiger partial charge in [0.2, 0.25) is 0 Å². The van der Waals surface area contributed by atoms with Crippen LogP contribution in [0.5, 0.6) is 0 Å². The molecule has 0 aliphatic heterocycles. The predicted octanol–water partition coefficient (Wildman–Crippen LogP) is 3.69. The zero-order valence-corrected chi connectivity index (χ0v) is 15.4. The van der Waals surface area contributed by atoms with E-state index in [0.29, 0.717) is 17.7 Å². The van der Waals surface area contributed by atoms with Crippen molar-refractivity contribution < 1.29 is 19.1 Å². The minimum Gasteiger partial charge on any atom is -0.481 e. The van der Waals surface area contributed by atoms with Crippen molar-refractivity contribution in [3.8, 4) is 0 Å². The van der Waals surface area contributed by atoms with E-state index in [9.17, 15) is 9.59 Å². The number of halogens is 1. The molecule has 0 aliphatic rings. The summed E-state index contributed by atoms with van der Waals surface area (Å²) in [5, 5.41) is 11.8. The average Bonchev–Trinajstić information content (AvgIpc) is 2.85. The summed E-state index contributed by atoms with van der Waals surface area (Å²) in [6.07, 6.45) is 1.10. The van der Waals surface area contributed by atoms with Gasteiger partial charge < -0.3 is 14.8 Å². The summed E-state index contributed by atoms with van der Waals surface area (Å²) in [7, 11) is 0. The maximum absolute atomic E-state index is 12.5. The maximum atomic E-state index is 12.5. The van der Waals surface area contributed by atoms with Gasteiger partial charge in [-0.2, -0.15) is 0 Å². The number of carboxylic acid groups (broad SMARTS) is 1. The van der Waals surface area contributed by atoms with Gasteiger partial charge in [0.15, 0.2) is 0 Å². The minimum absolute atomic E-state index is 0.180. The van der Waals surface area contributed by atoms with Crippen LogP contribution in [0.2, 0.25) is 0 Å². The topological polar surface area (TPSA) is 79.5 Å². The molecule has 0 unspecified atom stereocenters. The Balaban J connectivity index is 2.11. The molecule has 24 heavy (non-hydrogen) atoms. The molecule has 2 rings (SSSR count). The van der Waals surface area contributed by atoms with Crippen LogP contribution in [-0.4, -0.2) is 23.5 Å². The van der Waals surface area contributed by atoms with Gasteiger partial charge in [0.1, 0.15) is 12.2 Å². The van der Waals surface area contributed by atoms with Gasteiger partial charge in [0.05, 0.1) is 11.8 Å². The molecule has 0 saturated carbocycles. The number of carbonyl (C=O) groups is 2. The molecular weight excluding hydrogens is 374 g/mol. The van der Waals surface area contributed by atoms with Crippen molar-refractivity contribution in [2.45, 2.75) is 32.6 Å². The number of aliphatic carboxylic acids is 1. The number of rotatable bonds is 6. The molecular formula is C18H20BrNO4. The molecule has 2 N–H and O–H groups in total. The van der Waals surface area contributed by atoms with Gasteiger partial charge in [-0.3, -0.25) is 9.59 Å². The van der Waals surface area contributed by atoms with Crippen LogP contribution < -0.4 is 5.32 Å². The van der Waals surface area contributed by atoms with E-state index >= 15 is 0 Å². The summed E-state index contributed by atoms with van der Waals surface area (Å²) in [5.41, 5.74) is 1.77. The first-order valence-corrected chi connectivity index (χ1v) is 8.33. The normalized spacial score (nSPS) is 11.3. The summed E-state index contributed by atoms with van der Waals surface area (Å²) >= 11 is 3.41. The Morgan fingerprint density at radius 3 is 2.46 bits per heavy atom. The first kappa shape index (κ1) is 18.3. The molecule has 0 bridgehead atoms. The third kappa shape index (κ3) is 4.26. The first-order chi connectivity index (χ1) is 11.2. The van der Waals surface area contributed by atoms with E-state index in [4.69, 9.17) is 9.52 Å². The average molecular weight is 394 g/mol. The number of carbonyl (C=O) groups excluding carboxylic acids is 1. The number of amides is 1. The number of hydrogen-bond donors (Lipinski definition) is 2. The number of aryl methyl sites for hydroxylation is 1. The van der Waals surface area contributed by atoms with Crippen LogP contribution in [0.4, 0.5) is 0 Å². The van der Waals surface area contributed by atoms with E-state index in [-0.39, 0.29) is 23.5 Å². The molecule has 0 fully saturated rings. The SMILES string of the molecule is Cc1coc(CC(=O)O)c1C(=O)NCC(C)(C)c1ccc(Br)cc1. The highest BCUT2D eigenvalue weighted by atomic mass is 79.9. The Morgan fingerprint density at radius 1 is 1.25 bits per heavy atom. The lowest BCUT2D eigenvalue weighted by atomic mass is 9.84. The standard InChI is InChI=1S/C18H20BrNO4/c1-11-9-24-14(8-15(21)22)16(11)17(23)20-10-18(2,3)12-4-6-13(19)7-5-12/h4-7,9H,8,10H2,1-3H3,(H,20,23)(H,21,22). The van der Waals surface area contributed by atoms with E-state index < -0.39 is 5.97 Å². The van der Waals surface area contributed by atoms with E-state index in [1.807, 2.05) is 38.1 Å². The van der Waals surface area contributed by atoms with Gasteiger partial charge >= 0.3 is 5.97 Å². The van der Waals surface area contributed by atoms with Gasteiger partial charge in [-0.1, -0.05) is 41.9 Å². The van der Waals surface area contributed by atoms with Crippen molar-refractivity contribution >= 4 is 27.8 Å². The van der Waals surface area contributed by atoms with Gasteiger partial charge in [-0.15, -0.1) is 0 Å². The van der Waals surface area contributed by atoms with Crippen LogP contribution in [0.15, 0.2) is 39.4 Å². The third-order valence-corrected chi connectivity index (χ3v) is 4.44. The number of furan rings is 1. The Labute approximate surface area is 149 Å². The summed E-state index contributed by atoms with van der Waals surface area (Å²) in [5.74, 6) is -1.17. The van der Waals surface area contributed by atoms with Crippen LogP contribution in [0.3, 0.4) is 0 Å². The second-order valence-electron chi connectivity index (χ2n) is 6.36. The van der Waals surface area contributed by atoms with Gasteiger partial charge in [0, 0.05) is 22.0 Å². The van der Waals surface area contributed by atoms with Crippen molar-refractivity contribution in [3.05, 3.63) is 57.5 Å². The Morgan fingerprint density at radius 2 is 1.88 bits per heavy atom.